The Morgan fingerprint density at radius 1 is 1.59 bits per heavy atom. The van der Waals surface area contributed by atoms with Crippen LogP contribution in [0.4, 0.5) is 13.2 Å². The van der Waals surface area contributed by atoms with Crippen molar-refractivity contribution in [1.82, 2.24) is 10.1 Å². The largest absolute Gasteiger partial charge is 0.476 e. The van der Waals surface area contributed by atoms with Crippen molar-refractivity contribution in [1.29, 1.82) is 0 Å². The summed E-state index contributed by atoms with van der Waals surface area (Å²) in [7, 11) is 0. The molecule has 0 amide bonds. The van der Waals surface area contributed by atoms with Crippen LogP contribution in [0.2, 0.25) is 0 Å². The van der Waals surface area contributed by atoms with Gasteiger partial charge in [-0.2, -0.15) is 13.2 Å². The van der Waals surface area contributed by atoms with E-state index in [1.54, 1.807) is 6.92 Å². The van der Waals surface area contributed by atoms with Crippen LogP contribution in [0.25, 0.3) is 0 Å². The average Bonchev–Trinajstić information content (AvgIpc) is 2.63. The highest BCUT2D eigenvalue weighted by Crippen LogP contribution is 2.18. The van der Waals surface area contributed by atoms with Crippen LogP contribution in [-0.4, -0.2) is 40.4 Å². The van der Waals surface area contributed by atoms with Crippen LogP contribution in [0, 0.1) is 0 Å². The SMILES string of the molecule is CCN(Cc1cc(C(=O)O)no1)CC(F)(F)F. The van der Waals surface area contributed by atoms with Crippen LogP contribution in [0.5, 0.6) is 0 Å². The molecule has 0 fully saturated rings. The third-order valence-electron chi connectivity index (χ3n) is 2.01. The van der Waals surface area contributed by atoms with Crippen molar-refractivity contribution in [3.8, 4) is 0 Å². The fourth-order valence-electron chi connectivity index (χ4n) is 1.24. The van der Waals surface area contributed by atoms with Gasteiger partial charge >= 0.3 is 12.1 Å². The summed E-state index contributed by atoms with van der Waals surface area (Å²) in [5.41, 5.74) is -0.317. The van der Waals surface area contributed by atoms with Crippen LogP contribution in [0.3, 0.4) is 0 Å². The molecule has 0 spiro atoms. The Labute approximate surface area is 94.8 Å². The predicted molar refractivity (Wildman–Crippen MR) is 50.5 cm³/mol. The molecule has 8 heteroatoms. The Bertz CT molecular complexity index is 389. The number of nitrogens with zero attached hydrogens (tertiary/aromatic N) is 2. The summed E-state index contributed by atoms with van der Waals surface area (Å²) in [6.07, 6.45) is -4.30. The quantitative estimate of drug-likeness (QED) is 0.864. The lowest BCUT2D eigenvalue weighted by Gasteiger charge is -2.20. The molecule has 17 heavy (non-hydrogen) atoms. The molecule has 0 aromatic carbocycles. The highest BCUT2D eigenvalue weighted by Gasteiger charge is 2.30. The summed E-state index contributed by atoms with van der Waals surface area (Å²) >= 11 is 0. The van der Waals surface area contributed by atoms with Crippen molar-refractivity contribution in [3.05, 3.63) is 17.5 Å². The molecule has 5 nitrogen and oxygen atoms in total. The molecule has 0 radical (unpaired) electrons. The molecule has 96 valence electrons. The summed E-state index contributed by atoms with van der Waals surface area (Å²) < 4.78 is 41.1. The summed E-state index contributed by atoms with van der Waals surface area (Å²) in [6.45, 7) is 0.533. The van der Waals surface area contributed by atoms with Crippen molar-refractivity contribution in [3.63, 3.8) is 0 Å². The maximum absolute atomic E-state index is 12.1. The fourth-order valence-corrected chi connectivity index (χ4v) is 1.24. The van der Waals surface area contributed by atoms with Gasteiger partial charge in [0.25, 0.3) is 0 Å². The third kappa shape index (κ3) is 4.43. The molecule has 0 bridgehead atoms. The number of carbonyl (C=O) groups is 1. The molecule has 0 aliphatic heterocycles. The lowest BCUT2D eigenvalue weighted by molar-refractivity contribution is -0.147. The second-order valence-electron chi connectivity index (χ2n) is 3.40. The van der Waals surface area contributed by atoms with E-state index in [1.807, 2.05) is 0 Å². The van der Waals surface area contributed by atoms with Crippen LogP contribution >= 0.6 is 0 Å². The number of aromatic carboxylic acids is 1. The highest BCUT2D eigenvalue weighted by atomic mass is 19.4. The number of aromatic nitrogens is 1. The van der Waals surface area contributed by atoms with Crippen molar-refractivity contribution in [2.75, 3.05) is 13.1 Å². The molecule has 0 unspecified atom stereocenters. The number of carboxylic acids is 1. The minimum absolute atomic E-state index is 0.0912. The van der Waals surface area contributed by atoms with Crippen LogP contribution in [0.15, 0.2) is 10.6 Å². The number of hydrogen-bond acceptors (Lipinski definition) is 4. The zero-order chi connectivity index (χ0) is 13.1. The molecule has 1 aromatic heterocycles. The molecule has 1 rings (SSSR count). The minimum Gasteiger partial charge on any atom is -0.476 e. The molecule has 0 saturated carbocycles. The molecule has 0 aliphatic carbocycles. The Balaban J connectivity index is 2.64. The molecule has 0 atom stereocenters. The first-order valence-corrected chi connectivity index (χ1v) is 4.80. The van der Waals surface area contributed by atoms with E-state index >= 15 is 0 Å². The van der Waals surface area contributed by atoms with Gasteiger partial charge in [-0.15, -0.1) is 0 Å². The van der Waals surface area contributed by atoms with E-state index in [1.165, 1.54) is 0 Å². The summed E-state index contributed by atoms with van der Waals surface area (Å²) in [5, 5.41) is 11.8. The van der Waals surface area contributed by atoms with Gasteiger partial charge in [-0.05, 0) is 6.54 Å². The van der Waals surface area contributed by atoms with Crippen LogP contribution < -0.4 is 0 Å². The number of carboxylic acid groups (broad SMARTS) is 1. The van der Waals surface area contributed by atoms with Gasteiger partial charge < -0.3 is 9.63 Å². The second kappa shape index (κ2) is 5.17. The van der Waals surface area contributed by atoms with E-state index in [0.29, 0.717) is 0 Å². The standard InChI is InChI=1S/C9H11F3N2O3/c1-2-14(5-9(10,11)12)4-6-3-7(8(15)16)13-17-6/h3H,2,4-5H2,1H3,(H,15,16). The van der Waals surface area contributed by atoms with Crippen LogP contribution in [-0.2, 0) is 6.54 Å². The molecular weight excluding hydrogens is 241 g/mol. The van der Waals surface area contributed by atoms with Gasteiger partial charge in [-0.25, -0.2) is 4.79 Å². The number of alkyl halides is 3. The summed E-state index contributed by atoms with van der Waals surface area (Å²) in [5.74, 6) is -1.19. The maximum atomic E-state index is 12.1. The monoisotopic (exact) mass is 252 g/mol. The van der Waals surface area contributed by atoms with Crippen molar-refractivity contribution in [2.24, 2.45) is 0 Å². The summed E-state index contributed by atoms with van der Waals surface area (Å²) in [4.78, 5) is 11.6. The van der Waals surface area contributed by atoms with Crippen LogP contribution in [0.1, 0.15) is 23.2 Å². The zero-order valence-electron chi connectivity index (χ0n) is 8.99. The van der Waals surface area contributed by atoms with Crippen molar-refractivity contribution < 1.29 is 27.6 Å². The van der Waals surface area contributed by atoms with E-state index in [9.17, 15) is 18.0 Å². The lowest BCUT2D eigenvalue weighted by atomic mass is 10.3. The van der Waals surface area contributed by atoms with Crippen molar-refractivity contribution >= 4 is 5.97 Å². The second-order valence-corrected chi connectivity index (χ2v) is 3.40. The lowest BCUT2D eigenvalue weighted by Crippen LogP contribution is -2.33. The van der Waals surface area contributed by atoms with Gasteiger partial charge in [0.1, 0.15) is 0 Å². The van der Waals surface area contributed by atoms with Gasteiger partial charge in [0.2, 0.25) is 0 Å². The topological polar surface area (TPSA) is 66.6 Å². The first kappa shape index (κ1) is 13.5. The van der Waals surface area contributed by atoms with Gasteiger partial charge in [-0.3, -0.25) is 4.90 Å². The first-order chi connectivity index (χ1) is 7.81. The van der Waals surface area contributed by atoms with Gasteiger partial charge in [-0.1, -0.05) is 12.1 Å². The molecule has 1 N–H and O–H groups in total. The number of rotatable bonds is 5. The molecule has 1 aromatic rings. The highest BCUT2D eigenvalue weighted by molar-refractivity contribution is 5.85. The van der Waals surface area contributed by atoms with E-state index in [0.717, 1.165) is 11.0 Å². The molecule has 1 heterocycles. The maximum Gasteiger partial charge on any atom is 0.401 e. The smallest absolute Gasteiger partial charge is 0.401 e. The average molecular weight is 252 g/mol. The van der Waals surface area contributed by atoms with E-state index in [-0.39, 0.29) is 24.5 Å². The van der Waals surface area contributed by atoms with Gasteiger partial charge in [0, 0.05) is 6.07 Å². The third-order valence-corrected chi connectivity index (χ3v) is 2.01. The Morgan fingerprint density at radius 3 is 2.65 bits per heavy atom. The van der Waals surface area contributed by atoms with E-state index in [2.05, 4.69) is 9.68 Å². The minimum atomic E-state index is -4.30. The Kier molecular flexibility index (Phi) is 4.11. The number of halogens is 3. The Hall–Kier alpha value is -1.57. The molecule has 0 saturated heterocycles. The van der Waals surface area contributed by atoms with Crippen molar-refractivity contribution in [2.45, 2.75) is 19.6 Å². The molecule has 0 aliphatic rings. The zero-order valence-corrected chi connectivity index (χ0v) is 8.99. The first-order valence-electron chi connectivity index (χ1n) is 4.80. The van der Waals surface area contributed by atoms with Gasteiger partial charge in [0.15, 0.2) is 11.5 Å². The predicted octanol–water partition coefficient (Wildman–Crippen LogP) is 1.76. The fraction of sp³-hybridized carbons (Fsp3) is 0.556. The van der Waals surface area contributed by atoms with E-state index in [4.69, 9.17) is 5.11 Å². The Morgan fingerprint density at radius 2 is 2.24 bits per heavy atom. The molecular formula is C9H11F3N2O3. The summed E-state index contributed by atoms with van der Waals surface area (Å²) in [6, 6.07) is 1.11. The normalized spacial score (nSPS) is 12.1. The van der Waals surface area contributed by atoms with Gasteiger partial charge in [0.05, 0.1) is 13.1 Å². The number of hydrogen-bond donors (Lipinski definition) is 1. The van der Waals surface area contributed by atoms with E-state index < -0.39 is 18.7 Å².